The summed E-state index contributed by atoms with van der Waals surface area (Å²) in [7, 11) is 1.68. The average molecular weight is 541 g/mol. The van der Waals surface area contributed by atoms with Crippen LogP contribution in [0.25, 0.3) is 0 Å². The van der Waals surface area contributed by atoms with E-state index in [1.54, 1.807) is 31.4 Å². The summed E-state index contributed by atoms with van der Waals surface area (Å²) in [4.78, 5) is 30.4. The van der Waals surface area contributed by atoms with E-state index in [2.05, 4.69) is 26.5 Å². The molecule has 1 aliphatic rings. The summed E-state index contributed by atoms with van der Waals surface area (Å²) in [5, 5.41) is 6.57. The van der Waals surface area contributed by atoms with Gasteiger partial charge in [-0.2, -0.15) is 0 Å². The maximum atomic E-state index is 13.1. The van der Waals surface area contributed by atoms with E-state index >= 15 is 0 Å². The number of ether oxygens (including phenoxy) is 1. The van der Waals surface area contributed by atoms with Gasteiger partial charge in [0.1, 0.15) is 5.75 Å². The van der Waals surface area contributed by atoms with Crippen LogP contribution in [-0.2, 0) is 0 Å². The van der Waals surface area contributed by atoms with E-state index < -0.39 is 0 Å². The standard InChI is InChI=1S/C28H30Cl2N4O3/c1-3-10-31-28(36)23-18-22(32-27(35)19-15-20(29)17-21(30)16-19)8-9-24(23)33-11-13-34(14-12-33)25-6-4-5-7-26(25)37-2/h4-9,15-18H,3,10-14H2,1-2H3,(H,31,36)(H,32,35). The van der Waals surface area contributed by atoms with Gasteiger partial charge in [-0.1, -0.05) is 42.3 Å². The molecule has 0 aromatic heterocycles. The van der Waals surface area contributed by atoms with E-state index in [9.17, 15) is 9.59 Å². The zero-order valence-corrected chi connectivity index (χ0v) is 22.4. The number of methoxy groups -OCH3 is 1. The molecule has 1 heterocycles. The number of rotatable bonds is 8. The zero-order chi connectivity index (χ0) is 26.4. The molecule has 4 rings (SSSR count). The normalized spacial score (nSPS) is 13.3. The van der Waals surface area contributed by atoms with Crippen molar-refractivity contribution in [3.8, 4) is 5.75 Å². The van der Waals surface area contributed by atoms with E-state index in [0.29, 0.717) is 33.4 Å². The summed E-state index contributed by atoms with van der Waals surface area (Å²) in [6, 6.07) is 18.1. The summed E-state index contributed by atoms with van der Waals surface area (Å²) in [6.07, 6.45) is 0.824. The predicted molar refractivity (Wildman–Crippen MR) is 151 cm³/mol. The van der Waals surface area contributed by atoms with Gasteiger partial charge in [-0.15, -0.1) is 0 Å². The number of halogens is 2. The Morgan fingerprint density at radius 3 is 2.16 bits per heavy atom. The number of piperazine rings is 1. The summed E-state index contributed by atoms with van der Waals surface area (Å²) in [6.45, 7) is 5.61. The zero-order valence-electron chi connectivity index (χ0n) is 20.9. The quantitative estimate of drug-likeness (QED) is 0.382. The molecule has 194 valence electrons. The number of hydrogen-bond donors (Lipinski definition) is 2. The van der Waals surface area contributed by atoms with E-state index in [1.807, 2.05) is 37.3 Å². The lowest BCUT2D eigenvalue weighted by Gasteiger charge is -2.38. The Morgan fingerprint density at radius 2 is 1.51 bits per heavy atom. The van der Waals surface area contributed by atoms with Gasteiger partial charge in [0.25, 0.3) is 11.8 Å². The SMILES string of the molecule is CCCNC(=O)c1cc(NC(=O)c2cc(Cl)cc(Cl)c2)ccc1N1CCN(c2ccccc2OC)CC1. The molecule has 1 aliphatic heterocycles. The van der Waals surface area contributed by atoms with Crippen molar-refractivity contribution < 1.29 is 14.3 Å². The van der Waals surface area contributed by atoms with Gasteiger partial charge in [0.15, 0.2) is 0 Å². The highest BCUT2D eigenvalue weighted by Crippen LogP contribution is 2.31. The van der Waals surface area contributed by atoms with Gasteiger partial charge in [0.05, 0.1) is 18.4 Å². The molecule has 3 aromatic carbocycles. The molecule has 0 radical (unpaired) electrons. The molecule has 2 N–H and O–H groups in total. The minimum Gasteiger partial charge on any atom is -0.495 e. The number of benzene rings is 3. The van der Waals surface area contributed by atoms with Crippen LogP contribution >= 0.6 is 23.2 Å². The molecule has 3 aromatic rings. The van der Waals surface area contributed by atoms with Crippen LogP contribution in [0.5, 0.6) is 5.75 Å². The molecule has 9 heteroatoms. The van der Waals surface area contributed by atoms with E-state index in [4.69, 9.17) is 27.9 Å². The fourth-order valence-corrected chi connectivity index (χ4v) is 4.90. The number of anilines is 3. The van der Waals surface area contributed by atoms with Crippen LogP contribution in [0, 0.1) is 0 Å². The number of hydrogen-bond acceptors (Lipinski definition) is 5. The minimum absolute atomic E-state index is 0.175. The number of amides is 2. The van der Waals surface area contributed by atoms with Gasteiger partial charge in [-0.05, 0) is 55.0 Å². The van der Waals surface area contributed by atoms with Gasteiger partial charge in [-0.3, -0.25) is 9.59 Å². The molecule has 0 spiro atoms. The first kappa shape index (κ1) is 26.6. The van der Waals surface area contributed by atoms with Crippen molar-refractivity contribution in [3.63, 3.8) is 0 Å². The Labute approximate surface area is 227 Å². The van der Waals surface area contributed by atoms with E-state index in [0.717, 1.165) is 49.7 Å². The number of carbonyl (C=O) groups excluding carboxylic acids is 2. The van der Waals surface area contributed by atoms with Crippen LogP contribution in [0.1, 0.15) is 34.1 Å². The topological polar surface area (TPSA) is 73.9 Å². The molecule has 2 amide bonds. The van der Waals surface area contributed by atoms with Crippen molar-refractivity contribution in [2.45, 2.75) is 13.3 Å². The number of nitrogens with zero attached hydrogens (tertiary/aromatic N) is 2. The number of carbonyl (C=O) groups is 2. The first-order valence-corrected chi connectivity index (χ1v) is 13.0. The average Bonchev–Trinajstić information content (AvgIpc) is 2.91. The Balaban J connectivity index is 1.55. The lowest BCUT2D eigenvalue weighted by Crippen LogP contribution is -2.47. The van der Waals surface area contributed by atoms with Crippen molar-refractivity contribution in [1.29, 1.82) is 0 Å². The van der Waals surface area contributed by atoms with Gasteiger partial charge < -0.3 is 25.2 Å². The van der Waals surface area contributed by atoms with Crippen LogP contribution in [-0.4, -0.2) is 51.6 Å². The lowest BCUT2D eigenvalue weighted by atomic mass is 10.1. The molecule has 0 unspecified atom stereocenters. The maximum Gasteiger partial charge on any atom is 0.255 e. The highest BCUT2D eigenvalue weighted by Gasteiger charge is 2.24. The molecule has 0 bridgehead atoms. The smallest absolute Gasteiger partial charge is 0.255 e. The summed E-state index contributed by atoms with van der Waals surface area (Å²) >= 11 is 12.1. The summed E-state index contributed by atoms with van der Waals surface area (Å²) in [5.41, 5.74) is 3.26. The van der Waals surface area contributed by atoms with Gasteiger partial charge in [-0.25, -0.2) is 0 Å². The highest BCUT2D eigenvalue weighted by atomic mass is 35.5. The fraction of sp³-hybridized carbons (Fsp3) is 0.286. The third-order valence-electron chi connectivity index (χ3n) is 6.21. The largest absolute Gasteiger partial charge is 0.495 e. The lowest BCUT2D eigenvalue weighted by molar-refractivity contribution is 0.0952. The van der Waals surface area contributed by atoms with Crippen LogP contribution in [0.15, 0.2) is 60.7 Å². The Kier molecular flexibility index (Phi) is 8.79. The molecule has 37 heavy (non-hydrogen) atoms. The Morgan fingerprint density at radius 1 is 0.865 bits per heavy atom. The van der Waals surface area contributed by atoms with Gasteiger partial charge in [0, 0.05) is 59.7 Å². The third kappa shape index (κ3) is 6.48. The van der Waals surface area contributed by atoms with E-state index in [-0.39, 0.29) is 11.8 Å². The van der Waals surface area contributed by atoms with Gasteiger partial charge in [0.2, 0.25) is 0 Å². The molecule has 1 saturated heterocycles. The molecule has 0 saturated carbocycles. The van der Waals surface area contributed by atoms with Gasteiger partial charge >= 0.3 is 0 Å². The Hall–Kier alpha value is -3.42. The third-order valence-corrected chi connectivity index (χ3v) is 6.64. The molecular formula is C28H30Cl2N4O3. The number of para-hydroxylation sites is 2. The van der Waals surface area contributed by atoms with Crippen molar-refractivity contribution in [1.82, 2.24) is 5.32 Å². The highest BCUT2D eigenvalue weighted by molar-refractivity contribution is 6.35. The first-order valence-electron chi connectivity index (χ1n) is 12.2. The van der Waals surface area contributed by atoms with Crippen molar-refractivity contribution in [2.75, 3.05) is 55.0 Å². The van der Waals surface area contributed by atoms with Crippen molar-refractivity contribution in [3.05, 3.63) is 81.8 Å². The van der Waals surface area contributed by atoms with Crippen LogP contribution in [0.4, 0.5) is 17.1 Å². The summed E-state index contributed by atoms with van der Waals surface area (Å²) < 4.78 is 5.53. The van der Waals surface area contributed by atoms with Crippen LogP contribution in [0.2, 0.25) is 10.0 Å². The predicted octanol–water partition coefficient (Wildman–Crippen LogP) is 5.72. The van der Waals surface area contributed by atoms with Crippen LogP contribution in [0.3, 0.4) is 0 Å². The number of nitrogens with one attached hydrogen (secondary N) is 2. The first-order chi connectivity index (χ1) is 17.9. The molecule has 0 atom stereocenters. The van der Waals surface area contributed by atoms with Crippen LogP contribution < -0.4 is 25.2 Å². The fourth-order valence-electron chi connectivity index (χ4n) is 4.37. The second kappa shape index (κ2) is 12.2. The molecule has 1 fully saturated rings. The second-order valence-corrected chi connectivity index (χ2v) is 9.62. The molecular weight excluding hydrogens is 511 g/mol. The molecule has 7 nitrogen and oxygen atoms in total. The summed E-state index contributed by atoms with van der Waals surface area (Å²) in [5.74, 6) is 0.310. The Bertz CT molecular complexity index is 1260. The monoisotopic (exact) mass is 540 g/mol. The molecule has 0 aliphatic carbocycles. The van der Waals surface area contributed by atoms with Crippen molar-refractivity contribution in [2.24, 2.45) is 0 Å². The maximum absolute atomic E-state index is 13.1. The second-order valence-electron chi connectivity index (χ2n) is 8.75. The van der Waals surface area contributed by atoms with E-state index in [1.165, 1.54) is 0 Å². The minimum atomic E-state index is -0.359. The van der Waals surface area contributed by atoms with Crippen molar-refractivity contribution >= 4 is 52.1 Å².